The first kappa shape index (κ1) is 12.1. The fraction of sp³-hybridized carbons (Fsp3) is 0.643. The SMILES string of the molecule is c1ncn(C2CC2)c1Cn1cc(CNCC2CC2)nn1. The van der Waals surface area contributed by atoms with E-state index in [0.717, 1.165) is 31.2 Å². The van der Waals surface area contributed by atoms with Gasteiger partial charge >= 0.3 is 0 Å². The summed E-state index contributed by atoms with van der Waals surface area (Å²) in [6.45, 7) is 2.69. The first-order chi connectivity index (χ1) is 9.88. The molecule has 0 radical (unpaired) electrons. The van der Waals surface area contributed by atoms with Gasteiger partial charge in [0.2, 0.25) is 0 Å². The maximum absolute atomic E-state index is 4.25. The van der Waals surface area contributed by atoms with E-state index in [-0.39, 0.29) is 0 Å². The third kappa shape index (κ3) is 2.75. The number of aromatic nitrogens is 5. The van der Waals surface area contributed by atoms with Crippen molar-refractivity contribution in [3.05, 3.63) is 30.1 Å². The lowest BCUT2D eigenvalue weighted by Crippen LogP contribution is -2.16. The molecular weight excluding hydrogens is 252 g/mol. The van der Waals surface area contributed by atoms with E-state index in [9.17, 15) is 0 Å². The lowest BCUT2D eigenvalue weighted by Gasteiger charge is -2.05. The van der Waals surface area contributed by atoms with Crippen molar-refractivity contribution in [2.24, 2.45) is 5.92 Å². The van der Waals surface area contributed by atoms with E-state index >= 15 is 0 Å². The molecule has 2 aromatic rings. The van der Waals surface area contributed by atoms with Crippen molar-refractivity contribution in [3.63, 3.8) is 0 Å². The molecule has 0 saturated heterocycles. The average Bonchev–Trinajstić information content (AvgIpc) is 3.37. The van der Waals surface area contributed by atoms with E-state index in [1.807, 2.05) is 23.4 Å². The second kappa shape index (κ2) is 5.01. The van der Waals surface area contributed by atoms with Crippen LogP contribution in [0.5, 0.6) is 0 Å². The Balaban J connectivity index is 1.35. The molecule has 2 saturated carbocycles. The third-order valence-electron chi connectivity index (χ3n) is 4.03. The first-order valence-corrected chi connectivity index (χ1v) is 7.49. The maximum atomic E-state index is 4.25. The minimum Gasteiger partial charge on any atom is -0.330 e. The van der Waals surface area contributed by atoms with Gasteiger partial charge in [-0.25, -0.2) is 9.67 Å². The zero-order valence-electron chi connectivity index (χ0n) is 11.6. The van der Waals surface area contributed by atoms with Gasteiger partial charge in [-0.05, 0) is 38.1 Å². The Hall–Kier alpha value is -1.69. The summed E-state index contributed by atoms with van der Waals surface area (Å²) < 4.78 is 4.18. The van der Waals surface area contributed by atoms with E-state index in [4.69, 9.17) is 0 Å². The van der Waals surface area contributed by atoms with Crippen LogP contribution in [-0.2, 0) is 13.1 Å². The van der Waals surface area contributed by atoms with Crippen LogP contribution in [0, 0.1) is 5.92 Å². The number of imidazole rings is 1. The van der Waals surface area contributed by atoms with Crippen LogP contribution >= 0.6 is 0 Å². The summed E-state index contributed by atoms with van der Waals surface area (Å²) in [4.78, 5) is 4.25. The topological polar surface area (TPSA) is 60.6 Å². The van der Waals surface area contributed by atoms with Crippen LogP contribution in [0.3, 0.4) is 0 Å². The number of hydrogen-bond donors (Lipinski definition) is 1. The smallest absolute Gasteiger partial charge is 0.0964 e. The van der Waals surface area contributed by atoms with Crippen LogP contribution in [0.2, 0.25) is 0 Å². The lowest BCUT2D eigenvalue weighted by molar-refractivity contribution is 0.596. The highest BCUT2D eigenvalue weighted by molar-refractivity contribution is 5.04. The summed E-state index contributed by atoms with van der Waals surface area (Å²) in [5, 5.41) is 11.9. The molecule has 0 spiro atoms. The largest absolute Gasteiger partial charge is 0.330 e. The normalized spacial score (nSPS) is 18.6. The standard InChI is InChI=1S/C14H20N6/c1-2-11(1)5-15-6-12-8-19(18-17-12)9-14-7-16-10-20(14)13-3-4-13/h7-8,10-11,13,15H,1-6,9H2. The van der Waals surface area contributed by atoms with Crippen molar-refractivity contribution in [3.8, 4) is 0 Å². The van der Waals surface area contributed by atoms with Gasteiger partial charge in [0.1, 0.15) is 0 Å². The van der Waals surface area contributed by atoms with Crippen molar-refractivity contribution in [2.45, 2.75) is 44.8 Å². The summed E-state index contributed by atoms with van der Waals surface area (Å²) >= 11 is 0. The number of nitrogens with one attached hydrogen (secondary N) is 1. The van der Waals surface area contributed by atoms with Gasteiger partial charge < -0.3 is 9.88 Å². The Kier molecular flexibility index (Phi) is 3.03. The quantitative estimate of drug-likeness (QED) is 0.826. The second-order valence-corrected chi connectivity index (χ2v) is 6.01. The minimum absolute atomic E-state index is 0.663. The van der Waals surface area contributed by atoms with Gasteiger partial charge in [0, 0.05) is 12.6 Å². The molecule has 106 valence electrons. The summed E-state index contributed by atoms with van der Waals surface area (Å²) in [5.74, 6) is 0.901. The number of hydrogen-bond acceptors (Lipinski definition) is 4. The first-order valence-electron chi connectivity index (χ1n) is 7.49. The van der Waals surface area contributed by atoms with Gasteiger partial charge in [0.05, 0.1) is 36.7 Å². The maximum Gasteiger partial charge on any atom is 0.0964 e. The van der Waals surface area contributed by atoms with E-state index in [1.54, 1.807) is 0 Å². The Morgan fingerprint density at radius 3 is 2.95 bits per heavy atom. The minimum atomic E-state index is 0.663. The Morgan fingerprint density at radius 1 is 1.25 bits per heavy atom. The zero-order valence-corrected chi connectivity index (χ0v) is 11.6. The van der Waals surface area contributed by atoms with Crippen molar-refractivity contribution in [1.82, 2.24) is 29.9 Å². The average molecular weight is 272 g/mol. The molecule has 6 nitrogen and oxygen atoms in total. The summed E-state index contributed by atoms with van der Waals surface area (Å²) in [6, 6.07) is 0.663. The molecule has 0 amide bonds. The summed E-state index contributed by atoms with van der Waals surface area (Å²) in [7, 11) is 0. The molecule has 4 rings (SSSR count). The molecule has 2 aromatic heterocycles. The van der Waals surface area contributed by atoms with E-state index < -0.39 is 0 Å². The molecule has 6 heteroatoms. The van der Waals surface area contributed by atoms with Gasteiger partial charge in [-0.1, -0.05) is 5.21 Å². The van der Waals surface area contributed by atoms with Crippen molar-refractivity contribution < 1.29 is 0 Å². The molecule has 2 fully saturated rings. The second-order valence-electron chi connectivity index (χ2n) is 6.01. The molecule has 2 heterocycles. The lowest BCUT2D eigenvalue weighted by atomic mass is 10.4. The van der Waals surface area contributed by atoms with Crippen LogP contribution < -0.4 is 5.32 Å². The molecule has 0 bridgehead atoms. The van der Waals surface area contributed by atoms with Crippen molar-refractivity contribution >= 4 is 0 Å². The number of rotatable bonds is 7. The van der Waals surface area contributed by atoms with Gasteiger partial charge in [0.25, 0.3) is 0 Å². The molecule has 1 N–H and O–H groups in total. The van der Waals surface area contributed by atoms with Crippen LogP contribution in [0.25, 0.3) is 0 Å². The van der Waals surface area contributed by atoms with Crippen LogP contribution in [0.4, 0.5) is 0 Å². The molecule has 0 aromatic carbocycles. The molecule has 0 unspecified atom stereocenters. The zero-order chi connectivity index (χ0) is 13.4. The van der Waals surface area contributed by atoms with Gasteiger partial charge in [-0.15, -0.1) is 5.10 Å². The fourth-order valence-electron chi connectivity index (χ4n) is 2.53. The Bertz CT molecular complexity index is 578. The molecule has 2 aliphatic carbocycles. The predicted molar refractivity (Wildman–Crippen MR) is 74.1 cm³/mol. The molecule has 0 atom stereocenters. The van der Waals surface area contributed by atoms with E-state index in [2.05, 4.69) is 25.2 Å². The highest BCUT2D eigenvalue weighted by Crippen LogP contribution is 2.35. The van der Waals surface area contributed by atoms with Crippen molar-refractivity contribution in [2.75, 3.05) is 6.54 Å². The van der Waals surface area contributed by atoms with Crippen molar-refractivity contribution in [1.29, 1.82) is 0 Å². The van der Waals surface area contributed by atoms with Crippen LogP contribution in [-0.4, -0.2) is 31.1 Å². The van der Waals surface area contributed by atoms with Gasteiger partial charge in [-0.2, -0.15) is 0 Å². The van der Waals surface area contributed by atoms with Gasteiger partial charge in [-0.3, -0.25) is 0 Å². The Labute approximate surface area is 118 Å². The van der Waals surface area contributed by atoms with Crippen LogP contribution in [0.15, 0.2) is 18.7 Å². The predicted octanol–water partition coefficient (Wildman–Crippen LogP) is 1.36. The van der Waals surface area contributed by atoms with E-state index in [1.165, 1.54) is 31.4 Å². The fourth-order valence-corrected chi connectivity index (χ4v) is 2.53. The summed E-state index contributed by atoms with van der Waals surface area (Å²) in [6.07, 6.45) is 11.2. The molecular formula is C14H20N6. The monoisotopic (exact) mass is 272 g/mol. The molecule has 0 aliphatic heterocycles. The Morgan fingerprint density at radius 2 is 2.15 bits per heavy atom. The summed E-state index contributed by atoms with van der Waals surface area (Å²) in [5.41, 5.74) is 2.23. The molecule has 2 aliphatic rings. The van der Waals surface area contributed by atoms with Gasteiger partial charge in [0.15, 0.2) is 0 Å². The molecule has 20 heavy (non-hydrogen) atoms. The highest BCUT2D eigenvalue weighted by atomic mass is 15.4. The highest BCUT2D eigenvalue weighted by Gasteiger charge is 2.25. The number of nitrogens with zero attached hydrogens (tertiary/aromatic N) is 5. The van der Waals surface area contributed by atoms with Crippen LogP contribution in [0.1, 0.15) is 43.1 Å². The third-order valence-corrected chi connectivity index (χ3v) is 4.03. The van der Waals surface area contributed by atoms with E-state index in [0.29, 0.717) is 6.04 Å².